The van der Waals surface area contributed by atoms with Crippen LogP contribution >= 0.6 is 11.3 Å². The monoisotopic (exact) mass is 241 g/mol. The first-order valence-electron chi connectivity index (χ1n) is 5.71. The van der Waals surface area contributed by atoms with Gasteiger partial charge in [-0.3, -0.25) is 4.90 Å². The molecule has 0 amide bonds. The van der Waals surface area contributed by atoms with E-state index in [1.165, 1.54) is 9.75 Å². The molecule has 1 rings (SSSR count). The molecule has 0 aliphatic heterocycles. The van der Waals surface area contributed by atoms with E-state index in [2.05, 4.69) is 51.8 Å². The molecule has 0 aliphatic rings. The largest absolute Gasteiger partial charge is 0.395 e. The summed E-state index contributed by atoms with van der Waals surface area (Å²) in [6.07, 6.45) is 0. The number of rotatable bonds is 4. The molecule has 0 spiro atoms. The van der Waals surface area contributed by atoms with E-state index in [1.807, 2.05) is 11.3 Å². The molecular formula is C13H23NOS. The fraction of sp³-hybridized carbons (Fsp3) is 0.692. The lowest BCUT2D eigenvalue weighted by Crippen LogP contribution is -2.43. The molecule has 0 bridgehead atoms. The average molecular weight is 241 g/mol. The number of aliphatic hydroxyl groups excluding tert-OH is 1. The smallest absolute Gasteiger partial charge is 0.0591 e. The van der Waals surface area contributed by atoms with E-state index in [4.69, 9.17) is 0 Å². The molecule has 0 saturated heterocycles. The van der Waals surface area contributed by atoms with Gasteiger partial charge in [0, 0.05) is 22.3 Å². The Bertz CT molecular complexity index is 327. The maximum absolute atomic E-state index is 9.48. The van der Waals surface area contributed by atoms with Crippen molar-refractivity contribution >= 4 is 11.3 Å². The molecule has 1 N–H and O–H groups in total. The summed E-state index contributed by atoms with van der Waals surface area (Å²) in [5, 5.41) is 9.48. The normalized spacial score (nSPS) is 14.4. The van der Waals surface area contributed by atoms with Crippen LogP contribution in [-0.2, 0) is 6.54 Å². The molecule has 1 unspecified atom stereocenters. The maximum atomic E-state index is 9.48. The Balaban J connectivity index is 2.66. The molecule has 1 aromatic heterocycles. The van der Waals surface area contributed by atoms with Crippen LogP contribution in [0.15, 0.2) is 12.1 Å². The first-order chi connectivity index (χ1) is 7.34. The van der Waals surface area contributed by atoms with Crippen molar-refractivity contribution < 1.29 is 5.11 Å². The van der Waals surface area contributed by atoms with Gasteiger partial charge in [0.15, 0.2) is 0 Å². The van der Waals surface area contributed by atoms with Crippen molar-refractivity contribution in [3.05, 3.63) is 21.9 Å². The molecule has 2 nitrogen and oxygen atoms in total. The van der Waals surface area contributed by atoms with Crippen LogP contribution in [0.1, 0.15) is 30.5 Å². The van der Waals surface area contributed by atoms with Crippen LogP contribution in [0.5, 0.6) is 0 Å². The molecule has 92 valence electrons. The second-order valence-corrected chi connectivity index (χ2v) is 6.86. The Morgan fingerprint density at radius 2 is 2.00 bits per heavy atom. The fourth-order valence-corrected chi connectivity index (χ4v) is 2.95. The Morgan fingerprint density at radius 3 is 2.38 bits per heavy atom. The van der Waals surface area contributed by atoms with Gasteiger partial charge in [-0.05, 0) is 31.5 Å². The van der Waals surface area contributed by atoms with E-state index < -0.39 is 0 Å². The zero-order valence-corrected chi connectivity index (χ0v) is 11.8. The van der Waals surface area contributed by atoms with Crippen LogP contribution < -0.4 is 0 Å². The zero-order valence-electron chi connectivity index (χ0n) is 10.9. The number of hydrogen-bond donors (Lipinski definition) is 1. The van der Waals surface area contributed by atoms with E-state index in [9.17, 15) is 5.11 Å². The van der Waals surface area contributed by atoms with Crippen LogP contribution in [-0.4, -0.2) is 29.7 Å². The van der Waals surface area contributed by atoms with E-state index in [1.54, 1.807) is 0 Å². The minimum absolute atomic E-state index is 0.107. The van der Waals surface area contributed by atoms with Crippen molar-refractivity contribution in [3.63, 3.8) is 0 Å². The van der Waals surface area contributed by atoms with Gasteiger partial charge in [0.25, 0.3) is 0 Å². The topological polar surface area (TPSA) is 23.5 Å². The maximum Gasteiger partial charge on any atom is 0.0591 e. The number of thiophene rings is 1. The van der Waals surface area contributed by atoms with Gasteiger partial charge >= 0.3 is 0 Å². The molecule has 0 fully saturated rings. The summed E-state index contributed by atoms with van der Waals surface area (Å²) in [5.41, 5.74) is 0.107. The fourth-order valence-electron chi connectivity index (χ4n) is 2.00. The molecule has 1 atom stereocenters. The summed E-state index contributed by atoms with van der Waals surface area (Å²) >= 11 is 1.83. The lowest BCUT2D eigenvalue weighted by Gasteiger charge is -2.36. The second kappa shape index (κ2) is 5.30. The summed E-state index contributed by atoms with van der Waals surface area (Å²) < 4.78 is 0. The van der Waals surface area contributed by atoms with Gasteiger partial charge < -0.3 is 5.11 Å². The number of likely N-dealkylation sites (N-methyl/N-ethyl adjacent to an activating group) is 1. The molecule has 0 aliphatic carbocycles. The van der Waals surface area contributed by atoms with Crippen LogP contribution in [0, 0.1) is 12.3 Å². The number of aryl methyl sites for hydroxylation is 1. The van der Waals surface area contributed by atoms with Gasteiger partial charge in [-0.25, -0.2) is 0 Å². The third-order valence-corrected chi connectivity index (χ3v) is 3.89. The highest BCUT2D eigenvalue weighted by atomic mass is 32.1. The summed E-state index contributed by atoms with van der Waals surface area (Å²) in [7, 11) is 2.08. The predicted molar refractivity (Wildman–Crippen MR) is 70.9 cm³/mol. The standard InChI is InChI=1S/C13H23NOS/c1-10-6-7-11(16-10)8-14(5)12(9-15)13(2,3)4/h6-7,12,15H,8-9H2,1-5H3. The van der Waals surface area contributed by atoms with Crippen molar-refractivity contribution in [1.82, 2.24) is 4.90 Å². The van der Waals surface area contributed by atoms with Gasteiger partial charge in [0.2, 0.25) is 0 Å². The summed E-state index contributed by atoms with van der Waals surface area (Å²) in [6.45, 7) is 9.77. The van der Waals surface area contributed by atoms with Crippen LogP contribution in [0.4, 0.5) is 0 Å². The first kappa shape index (κ1) is 13.7. The molecular weight excluding hydrogens is 218 g/mol. The highest BCUT2D eigenvalue weighted by Gasteiger charge is 2.27. The third kappa shape index (κ3) is 3.58. The van der Waals surface area contributed by atoms with Crippen molar-refractivity contribution in [1.29, 1.82) is 0 Å². The number of nitrogens with zero attached hydrogens (tertiary/aromatic N) is 1. The minimum Gasteiger partial charge on any atom is -0.395 e. The van der Waals surface area contributed by atoms with Crippen molar-refractivity contribution in [3.8, 4) is 0 Å². The summed E-state index contributed by atoms with van der Waals surface area (Å²) in [4.78, 5) is 4.95. The molecule has 0 aromatic carbocycles. The van der Waals surface area contributed by atoms with Gasteiger partial charge in [0.1, 0.15) is 0 Å². The SMILES string of the molecule is Cc1ccc(CN(C)C(CO)C(C)(C)C)s1. The van der Waals surface area contributed by atoms with Crippen molar-refractivity contribution in [2.24, 2.45) is 5.41 Å². The average Bonchev–Trinajstić information content (AvgIpc) is 2.49. The Hall–Kier alpha value is -0.380. The van der Waals surface area contributed by atoms with E-state index in [0.29, 0.717) is 0 Å². The van der Waals surface area contributed by atoms with Crippen LogP contribution in [0.2, 0.25) is 0 Å². The van der Waals surface area contributed by atoms with Gasteiger partial charge in [-0.2, -0.15) is 0 Å². The van der Waals surface area contributed by atoms with Gasteiger partial charge in [0.05, 0.1) is 6.61 Å². The van der Waals surface area contributed by atoms with Crippen LogP contribution in [0.25, 0.3) is 0 Å². The van der Waals surface area contributed by atoms with E-state index in [-0.39, 0.29) is 18.1 Å². The minimum atomic E-state index is 0.107. The quantitative estimate of drug-likeness (QED) is 0.876. The summed E-state index contributed by atoms with van der Waals surface area (Å²) in [5.74, 6) is 0. The molecule has 0 saturated carbocycles. The van der Waals surface area contributed by atoms with Gasteiger partial charge in [-0.1, -0.05) is 20.8 Å². The Kier molecular flexibility index (Phi) is 4.53. The molecule has 3 heteroatoms. The second-order valence-electron chi connectivity index (χ2n) is 5.49. The van der Waals surface area contributed by atoms with Crippen molar-refractivity contribution in [2.45, 2.75) is 40.3 Å². The zero-order chi connectivity index (χ0) is 12.3. The van der Waals surface area contributed by atoms with Gasteiger partial charge in [-0.15, -0.1) is 11.3 Å². The number of aliphatic hydroxyl groups is 1. The predicted octanol–water partition coefficient (Wildman–Crippen LogP) is 2.90. The van der Waals surface area contributed by atoms with Crippen LogP contribution in [0.3, 0.4) is 0 Å². The van der Waals surface area contributed by atoms with Crippen molar-refractivity contribution in [2.75, 3.05) is 13.7 Å². The third-order valence-electron chi connectivity index (χ3n) is 2.91. The number of hydrogen-bond acceptors (Lipinski definition) is 3. The lowest BCUT2D eigenvalue weighted by atomic mass is 9.86. The summed E-state index contributed by atoms with van der Waals surface area (Å²) in [6, 6.07) is 4.53. The first-order valence-corrected chi connectivity index (χ1v) is 6.52. The Morgan fingerprint density at radius 1 is 1.38 bits per heavy atom. The molecule has 0 radical (unpaired) electrons. The molecule has 1 heterocycles. The van der Waals surface area contributed by atoms with E-state index in [0.717, 1.165) is 6.54 Å². The highest BCUT2D eigenvalue weighted by molar-refractivity contribution is 7.11. The molecule has 1 aromatic rings. The Labute approximate surface area is 103 Å². The molecule has 16 heavy (non-hydrogen) atoms. The van der Waals surface area contributed by atoms with E-state index >= 15 is 0 Å². The lowest BCUT2D eigenvalue weighted by molar-refractivity contribution is 0.0620. The highest BCUT2D eigenvalue weighted by Crippen LogP contribution is 2.25.